The summed E-state index contributed by atoms with van der Waals surface area (Å²) >= 11 is 7.95. The first-order chi connectivity index (χ1) is 8.25. The fourth-order valence-corrected chi connectivity index (χ4v) is 4.08. The minimum absolute atomic E-state index is 0.0903. The molecule has 1 unspecified atom stereocenters. The van der Waals surface area contributed by atoms with Crippen molar-refractivity contribution in [2.75, 3.05) is 6.54 Å². The number of nitrogens with zero attached hydrogens (tertiary/aromatic N) is 1. The van der Waals surface area contributed by atoms with Gasteiger partial charge < -0.3 is 5.32 Å². The third-order valence-corrected chi connectivity index (χ3v) is 5.36. The number of nitrogens with one attached hydrogen (secondary N) is 1. The smallest absolute Gasteiger partial charge is 0.114 e. The van der Waals surface area contributed by atoms with Gasteiger partial charge in [0.25, 0.3) is 0 Å². The molecule has 2 nitrogen and oxygen atoms in total. The summed E-state index contributed by atoms with van der Waals surface area (Å²) < 4.78 is 1.12. The number of halogens is 1. The van der Waals surface area contributed by atoms with Crippen LogP contribution in [-0.4, -0.2) is 11.5 Å². The molecule has 0 saturated carbocycles. The lowest BCUT2D eigenvalue weighted by Gasteiger charge is -2.25. The lowest BCUT2D eigenvalue weighted by atomic mass is 9.95. The molecule has 1 aliphatic rings. The molecular weight excluding hydrogens is 252 g/mol. The number of hydrogen-bond donors (Lipinski definition) is 1. The largest absolute Gasteiger partial charge is 0.305 e. The number of thiazole rings is 1. The van der Waals surface area contributed by atoms with E-state index in [2.05, 4.69) is 12.2 Å². The van der Waals surface area contributed by atoms with Gasteiger partial charge in [0.05, 0.1) is 20.8 Å². The summed E-state index contributed by atoms with van der Waals surface area (Å²) in [6, 6.07) is 5.95. The van der Waals surface area contributed by atoms with Gasteiger partial charge in [-0.1, -0.05) is 24.6 Å². The van der Waals surface area contributed by atoms with E-state index in [1.807, 2.05) is 18.2 Å². The van der Waals surface area contributed by atoms with Crippen LogP contribution in [0.4, 0.5) is 0 Å². The van der Waals surface area contributed by atoms with Crippen LogP contribution in [0.1, 0.15) is 31.2 Å². The predicted molar refractivity (Wildman–Crippen MR) is 73.8 cm³/mol. The van der Waals surface area contributed by atoms with Gasteiger partial charge in [-0.25, -0.2) is 4.98 Å². The van der Waals surface area contributed by atoms with E-state index < -0.39 is 0 Å². The molecule has 90 valence electrons. The molecule has 0 aliphatic carbocycles. The molecule has 0 spiro atoms. The Kier molecular flexibility index (Phi) is 2.85. The van der Waals surface area contributed by atoms with Gasteiger partial charge in [0.15, 0.2) is 0 Å². The fourth-order valence-electron chi connectivity index (χ4n) is 2.56. The summed E-state index contributed by atoms with van der Waals surface area (Å²) in [5, 5.41) is 5.63. The molecule has 17 heavy (non-hydrogen) atoms. The van der Waals surface area contributed by atoms with Crippen LogP contribution in [0.15, 0.2) is 18.2 Å². The van der Waals surface area contributed by atoms with Gasteiger partial charge in [0.2, 0.25) is 0 Å². The minimum atomic E-state index is 0.0903. The van der Waals surface area contributed by atoms with Crippen molar-refractivity contribution < 1.29 is 0 Å². The molecule has 0 bridgehead atoms. The van der Waals surface area contributed by atoms with Crippen molar-refractivity contribution in [3.05, 3.63) is 28.2 Å². The third kappa shape index (κ3) is 1.77. The van der Waals surface area contributed by atoms with Gasteiger partial charge in [-0.3, -0.25) is 0 Å². The molecule has 1 aromatic heterocycles. The zero-order chi connectivity index (χ0) is 11.9. The summed E-state index contributed by atoms with van der Waals surface area (Å²) in [6.45, 7) is 3.32. The van der Waals surface area contributed by atoms with Crippen LogP contribution >= 0.6 is 22.9 Å². The Morgan fingerprint density at radius 2 is 2.41 bits per heavy atom. The van der Waals surface area contributed by atoms with Gasteiger partial charge >= 0.3 is 0 Å². The molecule has 2 aromatic rings. The molecule has 4 heteroatoms. The van der Waals surface area contributed by atoms with E-state index >= 15 is 0 Å². The molecular formula is C13H15ClN2S. The van der Waals surface area contributed by atoms with Crippen LogP contribution in [-0.2, 0) is 5.54 Å². The van der Waals surface area contributed by atoms with E-state index in [1.165, 1.54) is 17.8 Å². The molecule has 0 radical (unpaired) electrons. The van der Waals surface area contributed by atoms with Crippen molar-refractivity contribution in [2.45, 2.75) is 31.7 Å². The zero-order valence-corrected chi connectivity index (χ0v) is 11.4. The molecule has 2 heterocycles. The Hall–Kier alpha value is -0.640. The SMILES string of the molecule is CCC1(c2nc3cccc(Cl)c3s2)CCCN1. The maximum Gasteiger partial charge on any atom is 0.114 e. The zero-order valence-electron chi connectivity index (χ0n) is 9.79. The van der Waals surface area contributed by atoms with Gasteiger partial charge in [-0.2, -0.15) is 0 Å². The minimum Gasteiger partial charge on any atom is -0.305 e. The molecule has 1 atom stereocenters. The highest BCUT2D eigenvalue weighted by molar-refractivity contribution is 7.19. The summed E-state index contributed by atoms with van der Waals surface area (Å²) in [7, 11) is 0. The topological polar surface area (TPSA) is 24.9 Å². The van der Waals surface area contributed by atoms with Crippen LogP contribution in [0.25, 0.3) is 10.2 Å². The van der Waals surface area contributed by atoms with Crippen molar-refractivity contribution >= 4 is 33.2 Å². The van der Waals surface area contributed by atoms with Crippen LogP contribution in [0.5, 0.6) is 0 Å². The molecule has 1 aliphatic heterocycles. The van der Waals surface area contributed by atoms with Gasteiger partial charge in [-0.15, -0.1) is 11.3 Å². The predicted octanol–water partition coefficient (Wildman–Crippen LogP) is 3.94. The van der Waals surface area contributed by atoms with Crippen molar-refractivity contribution in [3.8, 4) is 0 Å². The first-order valence-corrected chi connectivity index (χ1v) is 7.25. The Balaban J connectivity index is 2.14. The first kappa shape index (κ1) is 11.5. The molecule has 1 aromatic carbocycles. The van der Waals surface area contributed by atoms with E-state index in [4.69, 9.17) is 16.6 Å². The standard InChI is InChI=1S/C13H15ClN2S/c1-2-13(7-4-8-15-13)12-16-10-6-3-5-9(14)11(10)17-12/h3,5-6,15H,2,4,7-8H2,1H3. The summed E-state index contributed by atoms with van der Waals surface area (Å²) in [5.41, 5.74) is 1.12. The van der Waals surface area contributed by atoms with Crippen LogP contribution in [0.2, 0.25) is 5.02 Å². The monoisotopic (exact) mass is 266 g/mol. The Morgan fingerprint density at radius 3 is 3.06 bits per heavy atom. The van der Waals surface area contributed by atoms with Gasteiger partial charge in [0.1, 0.15) is 5.01 Å². The average molecular weight is 267 g/mol. The molecule has 1 fully saturated rings. The number of rotatable bonds is 2. The van der Waals surface area contributed by atoms with Gasteiger partial charge in [-0.05, 0) is 37.9 Å². The second-order valence-electron chi connectivity index (χ2n) is 4.57. The van der Waals surface area contributed by atoms with E-state index in [9.17, 15) is 0 Å². The maximum atomic E-state index is 6.22. The number of hydrogen-bond acceptors (Lipinski definition) is 3. The highest BCUT2D eigenvalue weighted by atomic mass is 35.5. The van der Waals surface area contributed by atoms with Crippen molar-refractivity contribution in [1.29, 1.82) is 0 Å². The Labute approximate surface area is 110 Å². The Bertz CT molecular complexity index is 543. The maximum absolute atomic E-state index is 6.22. The molecule has 1 saturated heterocycles. The van der Waals surface area contributed by atoms with Crippen LogP contribution < -0.4 is 5.32 Å². The normalized spacial score (nSPS) is 24.6. The Morgan fingerprint density at radius 1 is 1.53 bits per heavy atom. The van der Waals surface area contributed by atoms with E-state index in [0.29, 0.717) is 0 Å². The summed E-state index contributed by atoms with van der Waals surface area (Å²) in [5.74, 6) is 0. The van der Waals surface area contributed by atoms with E-state index in [1.54, 1.807) is 11.3 Å². The second-order valence-corrected chi connectivity index (χ2v) is 5.98. The molecule has 0 amide bonds. The summed E-state index contributed by atoms with van der Waals surface area (Å²) in [4.78, 5) is 4.77. The lowest BCUT2D eigenvalue weighted by Crippen LogP contribution is -2.35. The van der Waals surface area contributed by atoms with E-state index in [-0.39, 0.29) is 5.54 Å². The summed E-state index contributed by atoms with van der Waals surface area (Å²) in [6.07, 6.45) is 3.50. The number of aromatic nitrogens is 1. The first-order valence-electron chi connectivity index (χ1n) is 6.06. The molecule has 3 rings (SSSR count). The average Bonchev–Trinajstić information content (AvgIpc) is 2.96. The highest BCUT2D eigenvalue weighted by Crippen LogP contribution is 2.40. The third-order valence-electron chi connectivity index (χ3n) is 3.62. The quantitative estimate of drug-likeness (QED) is 0.891. The van der Waals surface area contributed by atoms with Crippen molar-refractivity contribution in [1.82, 2.24) is 10.3 Å². The highest BCUT2D eigenvalue weighted by Gasteiger charge is 2.36. The lowest BCUT2D eigenvalue weighted by molar-refractivity contribution is 0.375. The van der Waals surface area contributed by atoms with Crippen LogP contribution in [0.3, 0.4) is 0 Å². The molecule has 1 N–H and O–H groups in total. The fraction of sp³-hybridized carbons (Fsp3) is 0.462. The van der Waals surface area contributed by atoms with Gasteiger partial charge in [0, 0.05) is 0 Å². The number of benzene rings is 1. The van der Waals surface area contributed by atoms with Crippen molar-refractivity contribution in [3.63, 3.8) is 0 Å². The van der Waals surface area contributed by atoms with Crippen LogP contribution in [0, 0.1) is 0 Å². The number of fused-ring (bicyclic) bond motifs is 1. The van der Waals surface area contributed by atoms with Crippen molar-refractivity contribution in [2.24, 2.45) is 0 Å². The van der Waals surface area contributed by atoms with E-state index in [0.717, 1.165) is 28.2 Å². The second kappa shape index (κ2) is 4.23.